The van der Waals surface area contributed by atoms with E-state index >= 15 is 0 Å². The van der Waals surface area contributed by atoms with Crippen LogP contribution >= 0.6 is 0 Å². The summed E-state index contributed by atoms with van der Waals surface area (Å²) in [6.45, 7) is 8.94. The first kappa shape index (κ1) is 15.2. The van der Waals surface area contributed by atoms with E-state index in [-0.39, 0.29) is 11.6 Å². The smallest absolute Gasteiger partial charge is 0.333 e. The molecule has 0 bridgehead atoms. The lowest BCUT2D eigenvalue weighted by Crippen LogP contribution is -2.41. The van der Waals surface area contributed by atoms with Crippen molar-refractivity contribution >= 4 is 5.97 Å². The molecule has 0 aromatic heterocycles. The van der Waals surface area contributed by atoms with Crippen molar-refractivity contribution in [1.82, 2.24) is 0 Å². The van der Waals surface area contributed by atoms with Gasteiger partial charge >= 0.3 is 5.97 Å². The molecule has 0 atom stereocenters. The molecule has 0 aromatic rings. The van der Waals surface area contributed by atoms with Gasteiger partial charge in [-0.1, -0.05) is 32.8 Å². The average molecular weight is 254 g/mol. The summed E-state index contributed by atoms with van der Waals surface area (Å²) >= 11 is 0. The number of rotatable bonds is 7. The highest BCUT2D eigenvalue weighted by atomic mass is 16.6. The Kier molecular flexibility index (Phi) is 6.41. The molecule has 104 valence electrons. The topological polar surface area (TPSA) is 35.5 Å². The van der Waals surface area contributed by atoms with Crippen LogP contribution in [0.3, 0.4) is 0 Å². The number of carbonyl (C=O) groups is 1. The van der Waals surface area contributed by atoms with Crippen LogP contribution in [0.1, 0.15) is 58.8 Å². The minimum Gasteiger partial charge on any atom is -0.456 e. The van der Waals surface area contributed by atoms with Crippen LogP contribution in [0.4, 0.5) is 0 Å². The lowest BCUT2D eigenvalue weighted by molar-refractivity contribution is -0.166. The predicted molar refractivity (Wildman–Crippen MR) is 72.4 cm³/mol. The van der Waals surface area contributed by atoms with Crippen LogP contribution in [0.2, 0.25) is 0 Å². The first-order valence-electron chi connectivity index (χ1n) is 7.06. The Hall–Kier alpha value is -0.830. The number of ether oxygens (including phenoxy) is 2. The second-order valence-electron chi connectivity index (χ2n) is 5.28. The first-order valence-corrected chi connectivity index (χ1v) is 7.06. The van der Waals surface area contributed by atoms with Crippen molar-refractivity contribution in [2.45, 2.75) is 64.4 Å². The maximum Gasteiger partial charge on any atom is 0.333 e. The summed E-state index contributed by atoms with van der Waals surface area (Å²) in [6, 6.07) is 0. The van der Waals surface area contributed by atoms with Gasteiger partial charge in [-0.15, -0.1) is 0 Å². The fourth-order valence-electron chi connectivity index (χ4n) is 2.30. The standard InChI is InChI=1S/C15H26O3/c1-4-5-6-7-8-15(9-11-17-12-10-15)18-14(16)13(2)3/h2,4-12H2,1,3H3. The Bertz CT molecular complexity index is 277. The molecule has 18 heavy (non-hydrogen) atoms. The molecular weight excluding hydrogens is 228 g/mol. The van der Waals surface area contributed by atoms with E-state index < -0.39 is 0 Å². The van der Waals surface area contributed by atoms with Crippen LogP contribution in [0.5, 0.6) is 0 Å². The minimum absolute atomic E-state index is 0.257. The molecule has 1 aliphatic heterocycles. The molecule has 1 rings (SSSR count). The number of esters is 1. The Morgan fingerprint density at radius 2 is 1.94 bits per heavy atom. The molecule has 1 saturated heterocycles. The zero-order valence-corrected chi connectivity index (χ0v) is 11.8. The van der Waals surface area contributed by atoms with Crippen LogP contribution < -0.4 is 0 Å². The Morgan fingerprint density at radius 1 is 1.28 bits per heavy atom. The van der Waals surface area contributed by atoms with Gasteiger partial charge in [0.1, 0.15) is 5.60 Å². The van der Waals surface area contributed by atoms with Gasteiger partial charge < -0.3 is 9.47 Å². The van der Waals surface area contributed by atoms with E-state index in [4.69, 9.17) is 9.47 Å². The van der Waals surface area contributed by atoms with Gasteiger partial charge in [0.2, 0.25) is 0 Å². The fraction of sp³-hybridized carbons (Fsp3) is 0.800. The van der Waals surface area contributed by atoms with Gasteiger partial charge in [-0.2, -0.15) is 0 Å². The van der Waals surface area contributed by atoms with Crippen LogP contribution in [0, 0.1) is 0 Å². The third kappa shape index (κ3) is 4.81. The number of carbonyl (C=O) groups excluding carboxylic acids is 1. The highest BCUT2D eigenvalue weighted by Crippen LogP contribution is 2.31. The van der Waals surface area contributed by atoms with E-state index in [9.17, 15) is 4.79 Å². The molecule has 1 fully saturated rings. The van der Waals surface area contributed by atoms with Crippen LogP contribution in [0.15, 0.2) is 12.2 Å². The summed E-state index contributed by atoms with van der Waals surface area (Å²) in [5.41, 5.74) is 0.177. The molecule has 0 amide bonds. The van der Waals surface area contributed by atoms with E-state index in [0.29, 0.717) is 18.8 Å². The quantitative estimate of drug-likeness (QED) is 0.395. The molecule has 3 nitrogen and oxygen atoms in total. The Labute approximate surface area is 111 Å². The van der Waals surface area contributed by atoms with E-state index in [1.54, 1.807) is 6.92 Å². The van der Waals surface area contributed by atoms with E-state index in [2.05, 4.69) is 13.5 Å². The number of hydrogen-bond donors (Lipinski definition) is 0. The van der Waals surface area contributed by atoms with Crippen molar-refractivity contribution in [3.05, 3.63) is 12.2 Å². The van der Waals surface area contributed by atoms with Crippen molar-refractivity contribution in [2.24, 2.45) is 0 Å². The molecule has 0 aromatic carbocycles. The molecule has 1 heterocycles. The second kappa shape index (κ2) is 7.57. The molecular formula is C15H26O3. The molecule has 0 saturated carbocycles. The summed E-state index contributed by atoms with van der Waals surface area (Å²) in [7, 11) is 0. The van der Waals surface area contributed by atoms with Gasteiger partial charge in [0.05, 0.1) is 13.2 Å². The molecule has 0 N–H and O–H groups in total. The summed E-state index contributed by atoms with van der Waals surface area (Å²) in [6.07, 6.45) is 7.40. The second-order valence-corrected chi connectivity index (χ2v) is 5.28. The lowest BCUT2D eigenvalue weighted by atomic mass is 9.88. The lowest BCUT2D eigenvalue weighted by Gasteiger charge is -2.37. The highest BCUT2D eigenvalue weighted by Gasteiger charge is 2.35. The predicted octanol–water partition coefficient (Wildman–Crippen LogP) is 3.63. The normalized spacial score (nSPS) is 18.3. The highest BCUT2D eigenvalue weighted by molar-refractivity contribution is 5.87. The third-order valence-corrected chi connectivity index (χ3v) is 3.55. The van der Waals surface area contributed by atoms with Gasteiger partial charge in [0.15, 0.2) is 0 Å². The fourth-order valence-corrected chi connectivity index (χ4v) is 2.30. The van der Waals surface area contributed by atoms with Crippen LogP contribution in [-0.2, 0) is 14.3 Å². The largest absolute Gasteiger partial charge is 0.456 e. The van der Waals surface area contributed by atoms with E-state index in [1.807, 2.05) is 0 Å². The van der Waals surface area contributed by atoms with Crippen LogP contribution in [0.25, 0.3) is 0 Å². The first-order chi connectivity index (χ1) is 8.59. The summed E-state index contributed by atoms with van der Waals surface area (Å²) in [5, 5.41) is 0. The van der Waals surface area contributed by atoms with Crippen molar-refractivity contribution in [1.29, 1.82) is 0 Å². The van der Waals surface area contributed by atoms with Gasteiger partial charge in [0.25, 0.3) is 0 Å². The van der Waals surface area contributed by atoms with Crippen molar-refractivity contribution < 1.29 is 14.3 Å². The summed E-state index contributed by atoms with van der Waals surface area (Å²) < 4.78 is 11.1. The van der Waals surface area contributed by atoms with Crippen molar-refractivity contribution in [2.75, 3.05) is 13.2 Å². The van der Waals surface area contributed by atoms with Crippen molar-refractivity contribution in [3.63, 3.8) is 0 Å². The van der Waals surface area contributed by atoms with E-state index in [1.165, 1.54) is 19.3 Å². The van der Waals surface area contributed by atoms with Gasteiger partial charge in [-0.05, 0) is 19.8 Å². The molecule has 3 heteroatoms. The monoisotopic (exact) mass is 254 g/mol. The maximum atomic E-state index is 11.7. The molecule has 0 aliphatic carbocycles. The number of unbranched alkanes of at least 4 members (excludes halogenated alkanes) is 3. The summed E-state index contributed by atoms with van der Waals surface area (Å²) in [5.74, 6) is -0.257. The SMILES string of the molecule is C=C(C)C(=O)OC1(CCCCCC)CCOCC1. The third-order valence-electron chi connectivity index (χ3n) is 3.55. The van der Waals surface area contributed by atoms with Gasteiger partial charge in [-0.25, -0.2) is 4.79 Å². The molecule has 0 spiro atoms. The minimum atomic E-state index is -0.304. The van der Waals surface area contributed by atoms with Crippen LogP contribution in [-0.4, -0.2) is 24.8 Å². The van der Waals surface area contributed by atoms with Gasteiger partial charge in [0, 0.05) is 18.4 Å². The summed E-state index contributed by atoms with van der Waals surface area (Å²) in [4.78, 5) is 11.7. The molecule has 0 unspecified atom stereocenters. The zero-order chi connectivity index (χ0) is 13.4. The van der Waals surface area contributed by atoms with Crippen molar-refractivity contribution in [3.8, 4) is 0 Å². The average Bonchev–Trinajstić information content (AvgIpc) is 2.36. The Balaban J connectivity index is 2.51. The van der Waals surface area contributed by atoms with Gasteiger partial charge in [-0.3, -0.25) is 0 Å². The molecule has 1 aliphatic rings. The zero-order valence-electron chi connectivity index (χ0n) is 11.8. The molecule has 0 radical (unpaired) electrons. The Morgan fingerprint density at radius 3 is 2.50 bits per heavy atom. The van der Waals surface area contributed by atoms with E-state index in [0.717, 1.165) is 25.7 Å². The maximum absolute atomic E-state index is 11.7. The number of hydrogen-bond acceptors (Lipinski definition) is 3.